The van der Waals surface area contributed by atoms with E-state index in [-0.39, 0.29) is 5.91 Å². The number of hydrogen-bond acceptors (Lipinski definition) is 3. The first-order valence-electron chi connectivity index (χ1n) is 10.1. The second-order valence-electron chi connectivity index (χ2n) is 7.57. The van der Waals surface area contributed by atoms with Crippen LogP contribution in [0.25, 0.3) is 0 Å². The highest BCUT2D eigenvalue weighted by Gasteiger charge is 2.45. The van der Waals surface area contributed by atoms with Crippen LogP contribution in [-0.2, 0) is 21.5 Å². The molecule has 0 bridgehead atoms. The molecule has 0 aliphatic heterocycles. The summed E-state index contributed by atoms with van der Waals surface area (Å²) >= 11 is 4.45. The summed E-state index contributed by atoms with van der Waals surface area (Å²) in [7, 11) is 0. The average Bonchev–Trinajstić information content (AvgIpc) is 2.79. The van der Waals surface area contributed by atoms with Gasteiger partial charge < -0.3 is 10.0 Å². The summed E-state index contributed by atoms with van der Waals surface area (Å²) in [5, 5.41) is 9.88. The molecule has 0 spiro atoms. The van der Waals surface area contributed by atoms with E-state index in [0.717, 1.165) is 11.1 Å². The number of amides is 1. The molecular weight excluding hydrogens is 394 g/mol. The van der Waals surface area contributed by atoms with Gasteiger partial charge in [-0.2, -0.15) is 12.6 Å². The van der Waals surface area contributed by atoms with E-state index >= 15 is 0 Å². The Bertz CT molecular complexity index is 926. The molecule has 0 saturated carbocycles. The molecule has 4 nitrogen and oxygen atoms in total. The molecule has 0 saturated heterocycles. The summed E-state index contributed by atoms with van der Waals surface area (Å²) in [4.78, 5) is 27.5. The molecule has 1 N–H and O–H groups in total. The van der Waals surface area contributed by atoms with Crippen molar-refractivity contribution in [2.24, 2.45) is 5.92 Å². The minimum absolute atomic E-state index is 0.201. The SMILES string of the molecule is C[C@@H](C(=O)O)N(C(=O)C(CS)Cc1ccccc1)C1(c2ccccc2)C=CC=CC1. The third kappa shape index (κ3) is 4.51. The van der Waals surface area contributed by atoms with Crippen LogP contribution in [0.3, 0.4) is 0 Å². The molecule has 0 radical (unpaired) electrons. The van der Waals surface area contributed by atoms with Gasteiger partial charge in [-0.25, -0.2) is 4.79 Å². The summed E-state index contributed by atoms with van der Waals surface area (Å²) < 4.78 is 0. The second kappa shape index (κ2) is 9.81. The topological polar surface area (TPSA) is 57.6 Å². The molecule has 1 aliphatic carbocycles. The second-order valence-corrected chi connectivity index (χ2v) is 7.94. The first-order chi connectivity index (χ1) is 14.5. The largest absolute Gasteiger partial charge is 0.480 e. The van der Waals surface area contributed by atoms with E-state index in [4.69, 9.17) is 0 Å². The van der Waals surface area contributed by atoms with Crippen LogP contribution in [0.15, 0.2) is 85.0 Å². The lowest BCUT2D eigenvalue weighted by atomic mass is 9.80. The number of rotatable bonds is 8. The van der Waals surface area contributed by atoms with Crippen molar-refractivity contribution in [3.8, 4) is 0 Å². The smallest absolute Gasteiger partial charge is 0.326 e. The predicted octanol–water partition coefficient (Wildman–Crippen LogP) is 4.49. The molecule has 2 aromatic rings. The number of carboxylic acid groups (broad SMARTS) is 1. The maximum Gasteiger partial charge on any atom is 0.326 e. The molecule has 156 valence electrons. The van der Waals surface area contributed by atoms with Gasteiger partial charge in [-0.3, -0.25) is 4.79 Å². The van der Waals surface area contributed by atoms with Gasteiger partial charge >= 0.3 is 5.97 Å². The van der Waals surface area contributed by atoms with E-state index in [9.17, 15) is 14.7 Å². The number of allylic oxidation sites excluding steroid dienone is 2. The number of aliphatic carboxylic acids is 1. The molecule has 3 rings (SSSR count). The quantitative estimate of drug-likeness (QED) is 0.618. The Hall–Kier alpha value is -2.79. The summed E-state index contributed by atoms with van der Waals surface area (Å²) in [5.41, 5.74) is 1.06. The average molecular weight is 422 g/mol. The van der Waals surface area contributed by atoms with Gasteiger partial charge in [-0.1, -0.05) is 85.0 Å². The van der Waals surface area contributed by atoms with Gasteiger partial charge in [-0.15, -0.1) is 0 Å². The van der Waals surface area contributed by atoms with E-state index in [1.54, 1.807) is 11.8 Å². The Kier molecular flexibility index (Phi) is 7.16. The zero-order valence-electron chi connectivity index (χ0n) is 17.0. The van der Waals surface area contributed by atoms with E-state index < -0.39 is 23.5 Å². The van der Waals surface area contributed by atoms with Crippen LogP contribution in [0.5, 0.6) is 0 Å². The fraction of sp³-hybridized carbons (Fsp3) is 0.280. The number of carbonyl (C=O) groups is 2. The number of benzene rings is 2. The Labute approximate surface area is 183 Å². The molecule has 3 atom stereocenters. The van der Waals surface area contributed by atoms with Gasteiger partial charge in [0.2, 0.25) is 5.91 Å². The number of thiol groups is 1. The maximum absolute atomic E-state index is 13.9. The van der Waals surface area contributed by atoms with Crippen molar-refractivity contribution >= 4 is 24.5 Å². The van der Waals surface area contributed by atoms with Crippen LogP contribution >= 0.6 is 12.6 Å². The van der Waals surface area contributed by atoms with Crippen molar-refractivity contribution < 1.29 is 14.7 Å². The third-order valence-corrected chi connectivity index (χ3v) is 6.07. The lowest BCUT2D eigenvalue weighted by Crippen LogP contribution is -2.57. The Morgan fingerprint density at radius 3 is 2.23 bits per heavy atom. The first-order valence-corrected chi connectivity index (χ1v) is 10.7. The van der Waals surface area contributed by atoms with Crippen LogP contribution in [0.2, 0.25) is 0 Å². The third-order valence-electron chi connectivity index (χ3n) is 5.63. The van der Waals surface area contributed by atoms with Crippen LogP contribution in [0.1, 0.15) is 24.5 Å². The van der Waals surface area contributed by atoms with Gasteiger partial charge in [-0.05, 0) is 30.9 Å². The van der Waals surface area contributed by atoms with Gasteiger partial charge in [0.15, 0.2) is 0 Å². The standard InChI is InChI=1S/C25H27NO3S/c1-19(24(28)29)26(23(27)21(18-30)17-20-11-5-2-6-12-20)25(15-9-4-10-16-25)22-13-7-3-8-14-22/h2-15,19,21,30H,16-18H2,1H3,(H,28,29)/t19-,21?,25?/m0/s1. The highest BCUT2D eigenvalue weighted by Crippen LogP contribution is 2.39. The highest BCUT2D eigenvalue weighted by atomic mass is 32.1. The van der Waals surface area contributed by atoms with Crippen molar-refractivity contribution in [1.82, 2.24) is 4.90 Å². The van der Waals surface area contributed by atoms with Gasteiger partial charge in [0.1, 0.15) is 6.04 Å². The van der Waals surface area contributed by atoms with E-state index in [2.05, 4.69) is 12.6 Å². The Morgan fingerprint density at radius 2 is 1.70 bits per heavy atom. The Morgan fingerprint density at radius 1 is 1.07 bits per heavy atom. The molecule has 0 fully saturated rings. The fourth-order valence-electron chi connectivity index (χ4n) is 4.04. The minimum Gasteiger partial charge on any atom is -0.480 e. The minimum atomic E-state index is -1.03. The summed E-state index contributed by atoms with van der Waals surface area (Å²) in [6.07, 6.45) is 8.76. The van der Waals surface area contributed by atoms with Gasteiger partial charge in [0.25, 0.3) is 0 Å². The molecule has 1 aliphatic rings. The summed E-state index contributed by atoms with van der Waals surface area (Å²) in [6.45, 7) is 1.58. The van der Waals surface area contributed by atoms with Crippen molar-refractivity contribution in [1.29, 1.82) is 0 Å². The van der Waals surface area contributed by atoms with Gasteiger partial charge in [0, 0.05) is 5.75 Å². The van der Waals surface area contributed by atoms with Gasteiger partial charge in [0.05, 0.1) is 11.5 Å². The van der Waals surface area contributed by atoms with Crippen molar-refractivity contribution in [2.75, 3.05) is 5.75 Å². The molecule has 1 amide bonds. The molecule has 0 heterocycles. The van der Waals surface area contributed by atoms with E-state index in [1.807, 2.05) is 85.0 Å². The van der Waals surface area contributed by atoms with E-state index in [1.165, 1.54) is 0 Å². The molecule has 5 heteroatoms. The van der Waals surface area contributed by atoms with Crippen LogP contribution in [0.4, 0.5) is 0 Å². The predicted molar refractivity (Wildman–Crippen MR) is 122 cm³/mol. The Balaban J connectivity index is 2.06. The number of hydrogen-bond donors (Lipinski definition) is 2. The molecule has 2 aromatic carbocycles. The summed E-state index contributed by atoms with van der Waals surface area (Å²) in [5.74, 6) is -1.33. The monoisotopic (exact) mass is 421 g/mol. The lowest BCUT2D eigenvalue weighted by Gasteiger charge is -2.46. The molecule has 30 heavy (non-hydrogen) atoms. The normalized spacial score (nSPS) is 19.8. The van der Waals surface area contributed by atoms with Crippen LogP contribution in [0, 0.1) is 5.92 Å². The zero-order chi connectivity index (χ0) is 21.6. The molecule has 2 unspecified atom stereocenters. The van der Waals surface area contributed by atoms with Crippen LogP contribution < -0.4 is 0 Å². The van der Waals surface area contributed by atoms with Crippen LogP contribution in [-0.4, -0.2) is 33.7 Å². The van der Waals surface area contributed by atoms with Crippen molar-refractivity contribution in [3.63, 3.8) is 0 Å². The summed E-state index contributed by atoms with van der Waals surface area (Å²) in [6, 6.07) is 18.4. The van der Waals surface area contributed by atoms with Crippen molar-refractivity contribution in [3.05, 3.63) is 96.1 Å². The highest BCUT2D eigenvalue weighted by molar-refractivity contribution is 7.80. The molecular formula is C25H27NO3S. The maximum atomic E-state index is 13.9. The number of carbonyl (C=O) groups excluding carboxylic acids is 1. The van der Waals surface area contributed by atoms with Crippen molar-refractivity contribution in [2.45, 2.75) is 31.3 Å². The molecule has 0 aromatic heterocycles. The van der Waals surface area contributed by atoms with E-state index in [0.29, 0.717) is 18.6 Å². The number of nitrogens with zero attached hydrogens (tertiary/aromatic N) is 1. The first kappa shape index (κ1) is 21.9. The fourth-order valence-corrected chi connectivity index (χ4v) is 4.32. The zero-order valence-corrected chi connectivity index (χ0v) is 17.9. The lowest BCUT2D eigenvalue weighted by molar-refractivity contribution is -0.156. The number of carboxylic acids is 1.